The molecule has 124 valence electrons. The van der Waals surface area contributed by atoms with Gasteiger partial charge in [0.1, 0.15) is 29.8 Å². The van der Waals surface area contributed by atoms with Gasteiger partial charge in [-0.1, -0.05) is 6.07 Å². The Balaban J connectivity index is 1.90. The van der Waals surface area contributed by atoms with Crippen molar-refractivity contribution in [1.82, 2.24) is 5.32 Å². The summed E-state index contributed by atoms with van der Waals surface area (Å²) < 4.78 is 5.02. The van der Waals surface area contributed by atoms with E-state index in [1.165, 1.54) is 12.1 Å². The predicted octanol–water partition coefficient (Wildman–Crippen LogP) is -1.97. The van der Waals surface area contributed by atoms with Crippen molar-refractivity contribution in [3.63, 3.8) is 0 Å². The maximum Gasteiger partial charge on any atom is 0.173 e. The Morgan fingerprint density at radius 1 is 1.09 bits per heavy atom. The molecule has 22 heavy (non-hydrogen) atoms. The number of aliphatic hydroxyl groups excluding tert-OH is 4. The molecule has 2 rings (SSSR count). The molecule has 0 bridgehead atoms. The Kier molecular flexibility index (Phi) is 5.57. The highest BCUT2D eigenvalue weighted by Crippen LogP contribution is 2.23. The van der Waals surface area contributed by atoms with Crippen LogP contribution in [-0.2, 0) is 11.2 Å². The van der Waals surface area contributed by atoms with Crippen LogP contribution >= 0.6 is 0 Å². The molecule has 5 atom stereocenters. The lowest BCUT2D eigenvalue weighted by Crippen LogP contribution is -2.63. The fourth-order valence-corrected chi connectivity index (χ4v) is 2.46. The van der Waals surface area contributed by atoms with Crippen LogP contribution in [-0.4, -0.2) is 74.4 Å². The molecule has 1 aromatic rings. The third-order valence-electron chi connectivity index (χ3n) is 3.74. The van der Waals surface area contributed by atoms with E-state index in [4.69, 9.17) is 9.84 Å². The summed E-state index contributed by atoms with van der Waals surface area (Å²) in [5.41, 5.74) is 0.583. The highest BCUT2D eigenvalue weighted by atomic mass is 16.6. The molecular formula is C14H21NO7. The number of nitrogens with one attached hydrogen (secondary N) is 1. The first-order valence-corrected chi connectivity index (χ1v) is 6.98. The molecule has 8 nitrogen and oxygen atoms in total. The van der Waals surface area contributed by atoms with Crippen LogP contribution in [0.4, 0.5) is 0 Å². The third kappa shape index (κ3) is 3.67. The minimum absolute atomic E-state index is 0.0427. The van der Waals surface area contributed by atoms with Gasteiger partial charge in [0, 0.05) is 6.07 Å². The van der Waals surface area contributed by atoms with Gasteiger partial charge < -0.3 is 40.7 Å². The van der Waals surface area contributed by atoms with E-state index in [1.54, 1.807) is 6.07 Å². The van der Waals surface area contributed by atoms with Gasteiger partial charge in [0.15, 0.2) is 6.29 Å². The molecule has 0 amide bonds. The molecule has 1 saturated heterocycles. The first-order valence-electron chi connectivity index (χ1n) is 6.98. The lowest BCUT2D eigenvalue weighted by molar-refractivity contribution is -0.254. The Labute approximate surface area is 127 Å². The second-order valence-corrected chi connectivity index (χ2v) is 5.27. The Bertz CT molecular complexity index is 498. The SMILES string of the molecule is OC[C@H]1OC(O)[C@H](NCCc2ccc(O)cc2O)[C@@H](O)[C@H]1O. The second kappa shape index (κ2) is 7.23. The molecule has 1 unspecified atom stereocenters. The normalized spacial score (nSPS) is 32.1. The Hall–Kier alpha value is -1.42. The van der Waals surface area contributed by atoms with Crippen molar-refractivity contribution in [3.05, 3.63) is 23.8 Å². The number of phenolic OH excluding ortho intramolecular Hbond substituents is 2. The molecule has 1 aliphatic heterocycles. The van der Waals surface area contributed by atoms with Gasteiger partial charge in [0.25, 0.3) is 0 Å². The molecular weight excluding hydrogens is 294 g/mol. The van der Waals surface area contributed by atoms with Crippen LogP contribution in [0.15, 0.2) is 18.2 Å². The smallest absolute Gasteiger partial charge is 0.173 e. The van der Waals surface area contributed by atoms with E-state index >= 15 is 0 Å². The molecule has 0 saturated carbocycles. The average Bonchev–Trinajstić information content (AvgIpc) is 2.48. The standard InChI is InChI=1S/C14H21NO7/c16-6-10-12(19)13(20)11(14(21)22-10)15-4-3-7-1-2-8(17)5-9(7)18/h1-2,5,10-21H,3-4,6H2/t10-,11-,12+,13-,14?/m1/s1. The molecule has 0 spiro atoms. The van der Waals surface area contributed by atoms with E-state index in [0.717, 1.165) is 0 Å². The van der Waals surface area contributed by atoms with Gasteiger partial charge in [0.05, 0.1) is 12.6 Å². The number of benzene rings is 1. The van der Waals surface area contributed by atoms with Gasteiger partial charge in [-0.2, -0.15) is 0 Å². The van der Waals surface area contributed by atoms with Crippen molar-refractivity contribution < 1.29 is 35.4 Å². The van der Waals surface area contributed by atoms with Gasteiger partial charge in [-0.25, -0.2) is 0 Å². The summed E-state index contributed by atoms with van der Waals surface area (Å²) in [6.45, 7) is -0.222. The number of phenols is 2. The fourth-order valence-electron chi connectivity index (χ4n) is 2.46. The maximum absolute atomic E-state index is 9.95. The number of rotatable bonds is 5. The van der Waals surface area contributed by atoms with E-state index < -0.39 is 37.3 Å². The minimum atomic E-state index is -1.37. The van der Waals surface area contributed by atoms with E-state index in [0.29, 0.717) is 12.0 Å². The average molecular weight is 315 g/mol. The molecule has 7 N–H and O–H groups in total. The zero-order chi connectivity index (χ0) is 16.3. The molecule has 1 aromatic carbocycles. The summed E-state index contributed by atoms with van der Waals surface area (Å²) in [7, 11) is 0. The topological polar surface area (TPSA) is 143 Å². The fraction of sp³-hybridized carbons (Fsp3) is 0.571. The van der Waals surface area contributed by atoms with Gasteiger partial charge in [0.2, 0.25) is 0 Å². The van der Waals surface area contributed by atoms with Crippen LogP contribution < -0.4 is 5.32 Å². The van der Waals surface area contributed by atoms with Crippen molar-refractivity contribution in [3.8, 4) is 11.5 Å². The highest BCUT2D eigenvalue weighted by Gasteiger charge is 2.43. The summed E-state index contributed by atoms with van der Waals surface area (Å²) in [4.78, 5) is 0. The van der Waals surface area contributed by atoms with E-state index in [2.05, 4.69) is 5.32 Å². The van der Waals surface area contributed by atoms with Crippen LogP contribution in [0.25, 0.3) is 0 Å². The molecule has 0 aromatic heterocycles. The van der Waals surface area contributed by atoms with E-state index in [-0.39, 0.29) is 18.0 Å². The number of hydrogen-bond donors (Lipinski definition) is 7. The third-order valence-corrected chi connectivity index (χ3v) is 3.74. The predicted molar refractivity (Wildman–Crippen MR) is 75.2 cm³/mol. The van der Waals surface area contributed by atoms with Crippen molar-refractivity contribution >= 4 is 0 Å². The number of hydrogen-bond acceptors (Lipinski definition) is 8. The highest BCUT2D eigenvalue weighted by molar-refractivity contribution is 5.39. The molecule has 1 heterocycles. The molecule has 1 aliphatic rings. The van der Waals surface area contributed by atoms with Gasteiger partial charge in [-0.15, -0.1) is 0 Å². The van der Waals surface area contributed by atoms with Crippen LogP contribution in [0.2, 0.25) is 0 Å². The number of ether oxygens (including phenoxy) is 1. The van der Waals surface area contributed by atoms with Gasteiger partial charge in [-0.05, 0) is 24.6 Å². The van der Waals surface area contributed by atoms with Gasteiger partial charge >= 0.3 is 0 Å². The molecule has 0 aliphatic carbocycles. The van der Waals surface area contributed by atoms with Crippen LogP contribution in [0, 0.1) is 0 Å². The Morgan fingerprint density at radius 2 is 1.82 bits per heavy atom. The Morgan fingerprint density at radius 3 is 2.45 bits per heavy atom. The van der Waals surface area contributed by atoms with Crippen molar-refractivity contribution in [2.24, 2.45) is 0 Å². The molecule has 0 radical (unpaired) electrons. The summed E-state index contributed by atoms with van der Waals surface area (Å²) >= 11 is 0. The number of aliphatic hydroxyl groups is 4. The number of aromatic hydroxyl groups is 2. The van der Waals surface area contributed by atoms with Crippen LogP contribution in [0.1, 0.15) is 5.56 Å². The monoisotopic (exact) mass is 315 g/mol. The second-order valence-electron chi connectivity index (χ2n) is 5.27. The summed E-state index contributed by atoms with van der Waals surface area (Å²) in [6, 6.07) is 3.31. The first-order chi connectivity index (χ1) is 10.4. The zero-order valence-electron chi connectivity index (χ0n) is 11.8. The summed E-state index contributed by atoms with van der Waals surface area (Å²) in [5.74, 6) is -0.0953. The van der Waals surface area contributed by atoms with Crippen LogP contribution in [0.3, 0.4) is 0 Å². The van der Waals surface area contributed by atoms with Crippen molar-refractivity contribution in [1.29, 1.82) is 0 Å². The first kappa shape index (κ1) is 16.9. The minimum Gasteiger partial charge on any atom is -0.508 e. The largest absolute Gasteiger partial charge is 0.508 e. The zero-order valence-corrected chi connectivity index (χ0v) is 11.8. The van der Waals surface area contributed by atoms with Gasteiger partial charge in [-0.3, -0.25) is 0 Å². The lowest BCUT2D eigenvalue weighted by Gasteiger charge is -2.40. The van der Waals surface area contributed by atoms with E-state index in [9.17, 15) is 25.5 Å². The van der Waals surface area contributed by atoms with Crippen molar-refractivity contribution in [2.75, 3.05) is 13.2 Å². The maximum atomic E-state index is 9.95. The van der Waals surface area contributed by atoms with Crippen LogP contribution in [0.5, 0.6) is 11.5 Å². The lowest BCUT2D eigenvalue weighted by atomic mass is 9.97. The van der Waals surface area contributed by atoms with Crippen molar-refractivity contribution in [2.45, 2.75) is 37.1 Å². The van der Waals surface area contributed by atoms with E-state index in [1.807, 2.05) is 0 Å². The molecule has 1 fully saturated rings. The summed E-state index contributed by atoms with van der Waals surface area (Å²) in [5, 5.41) is 60.2. The quantitative estimate of drug-likeness (QED) is 0.332. The molecule has 8 heteroatoms. The summed E-state index contributed by atoms with van der Waals surface area (Å²) in [6.07, 6.45) is -4.64.